The molecule has 0 aliphatic heterocycles. The Bertz CT molecular complexity index is 449. The second-order valence-corrected chi connectivity index (χ2v) is 5.25. The average Bonchev–Trinajstić information content (AvgIpc) is 2.79. The molecule has 1 aromatic carbocycles. The van der Waals surface area contributed by atoms with E-state index in [1.54, 1.807) is 0 Å². The molecule has 0 radical (unpaired) electrons. The Morgan fingerprint density at radius 1 is 1.39 bits per heavy atom. The maximum atomic E-state index is 10.5. The lowest BCUT2D eigenvalue weighted by Gasteiger charge is -2.28. The molecule has 2 rings (SSSR count). The van der Waals surface area contributed by atoms with Crippen molar-refractivity contribution in [3.8, 4) is 6.07 Å². The van der Waals surface area contributed by atoms with E-state index in [2.05, 4.69) is 19.1 Å². The molecule has 1 aromatic rings. The van der Waals surface area contributed by atoms with Crippen LogP contribution in [0.5, 0.6) is 0 Å². The third kappa shape index (κ3) is 2.15. The first kappa shape index (κ1) is 13.1. The molecule has 1 aliphatic rings. The highest BCUT2D eigenvalue weighted by molar-refractivity contribution is 5.45. The number of nitrogens with zero attached hydrogens (tertiary/aromatic N) is 1. The van der Waals surface area contributed by atoms with E-state index in [0.717, 1.165) is 44.1 Å². The number of hydrogen-bond acceptors (Lipinski definition) is 2. The first-order valence-electron chi connectivity index (χ1n) is 6.92. The van der Waals surface area contributed by atoms with Crippen molar-refractivity contribution in [2.75, 3.05) is 0 Å². The van der Waals surface area contributed by atoms with Gasteiger partial charge in [0.25, 0.3) is 0 Å². The zero-order valence-electron chi connectivity index (χ0n) is 11.0. The molecule has 18 heavy (non-hydrogen) atoms. The van der Waals surface area contributed by atoms with Crippen molar-refractivity contribution in [2.24, 2.45) is 0 Å². The lowest BCUT2D eigenvalue weighted by atomic mass is 9.76. The minimum Gasteiger partial charge on any atom is -0.391 e. The molecule has 1 aliphatic carbocycles. The van der Waals surface area contributed by atoms with Gasteiger partial charge in [0, 0.05) is 0 Å². The molecule has 1 N–H and O–H groups in total. The van der Waals surface area contributed by atoms with Crippen molar-refractivity contribution in [1.82, 2.24) is 0 Å². The molecule has 2 unspecified atom stereocenters. The number of aliphatic hydroxyl groups excluding tert-OH is 1. The Hall–Kier alpha value is -1.33. The largest absolute Gasteiger partial charge is 0.391 e. The Morgan fingerprint density at radius 2 is 2.17 bits per heavy atom. The predicted octanol–water partition coefficient (Wildman–Crippen LogP) is 3.34. The number of nitriles is 1. The Labute approximate surface area is 109 Å². The van der Waals surface area contributed by atoms with Crippen molar-refractivity contribution in [2.45, 2.75) is 57.0 Å². The summed E-state index contributed by atoms with van der Waals surface area (Å²) in [4.78, 5) is 0. The summed E-state index contributed by atoms with van der Waals surface area (Å²) in [7, 11) is 0. The summed E-state index contributed by atoms with van der Waals surface area (Å²) < 4.78 is 0. The Morgan fingerprint density at radius 3 is 2.89 bits per heavy atom. The first-order valence-corrected chi connectivity index (χ1v) is 6.92. The van der Waals surface area contributed by atoms with E-state index >= 15 is 0 Å². The van der Waals surface area contributed by atoms with Gasteiger partial charge >= 0.3 is 0 Å². The molecule has 2 nitrogen and oxygen atoms in total. The van der Waals surface area contributed by atoms with E-state index in [-0.39, 0.29) is 0 Å². The molecule has 0 saturated carbocycles. The van der Waals surface area contributed by atoms with E-state index < -0.39 is 11.5 Å². The van der Waals surface area contributed by atoms with E-state index in [1.807, 2.05) is 18.2 Å². The normalized spacial score (nSPS) is 23.4. The van der Waals surface area contributed by atoms with Crippen LogP contribution in [0.25, 0.3) is 0 Å². The van der Waals surface area contributed by atoms with Gasteiger partial charge in [-0.2, -0.15) is 5.26 Å². The maximum absolute atomic E-state index is 10.5. The number of rotatable bonds is 5. The predicted molar refractivity (Wildman–Crippen MR) is 72.2 cm³/mol. The molecule has 2 heteroatoms. The van der Waals surface area contributed by atoms with Crippen LogP contribution < -0.4 is 0 Å². The van der Waals surface area contributed by atoms with Crippen molar-refractivity contribution < 1.29 is 5.11 Å². The third-order valence-electron chi connectivity index (χ3n) is 4.14. The quantitative estimate of drug-likeness (QED) is 0.806. The van der Waals surface area contributed by atoms with Crippen LogP contribution in [0.1, 0.15) is 50.2 Å². The summed E-state index contributed by atoms with van der Waals surface area (Å²) in [6, 6.07) is 10.5. The first-order chi connectivity index (χ1) is 8.74. The van der Waals surface area contributed by atoms with Crippen LogP contribution in [-0.4, -0.2) is 11.2 Å². The number of unbranched alkanes of at least 4 members (excludes halogenated alkanes) is 2. The number of aryl methyl sites for hydroxylation is 1. The number of hydrogen-bond donors (Lipinski definition) is 1. The number of fused-ring (bicyclic) bond motifs is 1. The van der Waals surface area contributed by atoms with Gasteiger partial charge in [0.2, 0.25) is 0 Å². The van der Waals surface area contributed by atoms with Crippen molar-refractivity contribution in [1.29, 1.82) is 5.26 Å². The van der Waals surface area contributed by atoms with Crippen LogP contribution in [0.3, 0.4) is 0 Å². The average molecular weight is 243 g/mol. The third-order valence-corrected chi connectivity index (χ3v) is 4.14. The Balaban J connectivity index is 2.20. The zero-order chi connectivity index (χ0) is 13.0. The molecule has 0 bridgehead atoms. The minimum atomic E-state index is -0.662. The highest BCUT2D eigenvalue weighted by atomic mass is 16.3. The number of aliphatic hydroxyl groups is 1. The lowest BCUT2D eigenvalue weighted by Crippen LogP contribution is -2.36. The van der Waals surface area contributed by atoms with Crippen molar-refractivity contribution >= 4 is 0 Å². The fourth-order valence-electron chi connectivity index (χ4n) is 3.01. The second kappa shape index (κ2) is 5.54. The van der Waals surface area contributed by atoms with Gasteiger partial charge in [-0.05, 0) is 30.4 Å². The number of benzene rings is 1. The van der Waals surface area contributed by atoms with Gasteiger partial charge in [-0.3, -0.25) is 0 Å². The van der Waals surface area contributed by atoms with Gasteiger partial charge < -0.3 is 5.11 Å². The fraction of sp³-hybridized carbons (Fsp3) is 0.562. The van der Waals surface area contributed by atoms with Gasteiger partial charge in [0.15, 0.2) is 0 Å². The molecule has 0 spiro atoms. The SMILES string of the molecule is CCCCCC(O)C1(C#N)CCc2ccccc21. The molecule has 0 heterocycles. The van der Waals surface area contributed by atoms with Gasteiger partial charge in [0.05, 0.1) is 12.2 Å². The van der Waals surface area contributed by atoms with Crippen LogP contribution in [0.2, 0.25) is 0 Å². The van der Waals surface area contributed by atoms with E-state index in [1.165, 1.54) is 5.56 Å². The highest BCUT2D eigenvalue weighted by Gasteiger charge is 2.44. The van der Waals surface area contributed by atoms with Crippen LogP contribution in [-0.2, 0) is 11.8 Å². The summed E-state index contributed by atoms with van der Waals surface area (Å²) in [6.45, 7) is 2.15. The molecule has 96 valence electrons. The van der Waals surface area contributed by atoms with Gasteiger partial charge in [-0.15, -0.1) is 0 Å². The van der Waals surface area contributed by atoms with Gasteiger partial charge in [0.1, 0.15) is 5.41 Å². The summed E-state index contributed by atoms with van der Waals surface area (Å²) in [5.74, 6) is 0. The highest BCUT2D eigenvalue weighted by Crippen LogP contribution is 2.42. The zero-order valence-corrected chi connectivity index (χ0v) is 11.0. The van der Waals surface area contributed by atoms with E-state index in [9.17, 15) is 10.4 Å². The molecular formula is C16H21NO. The van der Waals surface area contributed by atoms with E-state index in [0.29, 0.717) is 0 Å². The van der Waals surface area contributed by atoms with Crippen molar-refractivity contribution in [3.05, 3.63) is 35.4 Å². The summed E-state index contributed by atoms with van der Waals surface area (Å²) in [5.41, 5.74) is 1.62. The van der Waals surface area contributed by atoms with Crippen molar-refractivity contribution in [3.63, 3.8) is 0 Å². The standard InChI is InChI=1S/C16H21NO/c1-2-3-4-9-15(18)16(12-17)11-10-13-7-5-6-8-14(13)16/h5-8,15,18H,2-4,9-11H2,1H3. The Kier molecular flexibility index (Phi) is 4.04. The van der Waals surface area contributed by atoms with Crippen LogP contribution in [0, 0.1) is 11.3 Å². The fourth-order valence-corrected chi connectivity index (χ4v) is 3.01. The topological polar surface area (TPSA) is 44.0 Å². The van der Waals surface area contributed by atoms with E-state index in [4.69, 9.17) is 0 Å². The smallest absolute Gasteiger partial charge is 0.109 e. The molecule has 0 amide bonds. The summed E-state index contributed by atoms with van der Waals surface area (Å²) in [6.07, 6.45) is 5.14. The molecule has 0 fully saturated rings. The van der Waals surface area contributed by atoms with Crippen LogP contribution >= 0.6 is 0 Å². The summed E-state index contributed by atoms with van der Waals surface area (Å²) >= 11 is 0. The van der Waals surface area contributed by atoms with Gasteiger partial charge in [-0.25, -0.2) is 0 Å². The molecular weight excluding hydrogens is 222 g/mol. The van der Waals surface area contributed by atoms with Gasteiger partial charge in [-0.1, -0.05) is 50.5 Å². The molecule has 0 aromatic heterocycles. The molecule has 2 atom stereocenters. The second-order valence-electron chi connectivity index (χ2n) is 5.25. The minimum absolute atomic E-state index is 0.530. The van der Waals surface area contributed by atoms with Crippen LogP contribution in [0.15, 0.2) is 24.3 Å². The monoisotopic (exact) mass is 243 g/mol. The molecule has 0 saturated heterocycles. The summed E-state index contributed by atoms with van der Waals surface area (Å²) in [5, 5.41) is 20.0. The van der Waals surface area contributed by atoms with Crippen LogP contribution in [0.4, 0.5) is 0 Å². The maximum Gasteiger partial charge on any atom is 0.109 e. The lowest BCUT2D eigenvalue weighted by molar-refractivity contribution is 0.0983.